The fourth-order valence-electron chi connectivity index (χ4n) is 1.71. The molecule has 10 N–H and O–H groups in total. The Morgan fingerprint density at radius 3 is 0.852 bits per heavy atom. The zero-order valence-electron chi connectivity index (χ0n) is 14.0. The molecule has 16 nitrogen and oxygen atoms in total. The molecule has 148 valence electrons. The van der Waals surface area contributed by atoms with Crippen LogP contribution < -0.4 is 31.9 Å². The number of hydrogen-bond acceptors (Lipinski definition) is 16. The largest absolute Gasteiger partial charge is 0.376 e. The minimum absolute atomic E-state index is 0.0856. The SMILES string of the molecule is OCNc1nc(NCO)nc(NCNc2nc(NCO)nc(NCO)n2)n1. The van der Waals surface area contributed by atoms with Gasteiger partial charge in [-0.3, -0.25) is 0 Å². The molecular formula is C11H20N12O4. The topological polar surface area (TPSA) is 230 Å². The van der Waals surface area contributed by atoms with Crippen LogP contribution in [-0.2, 0) is 0 Å². The average Bonchev–Trinajstić information content (AvgIpc) is 2.63. The number of anilines is 6. The van der Waals surface area contributed by atoms with Crippen LogP contribution in [0.25, 0.3) is 0 Å². The zero-order chi connectivity index (χ0) is 19.5. The highest BCUT2D eigenvalue weighted by Gasteiger charge is 2.08. The highest BCUT2D eigenvalue weighted by Crippen LogP contribution is 2.10. The molecule has 0 saturated carbocycles. The fraction of sp³-hybridized carbons (Fsp3) is 0.455. The molecule has 16 heteroatoms. The van der Waals surface area contributed by atoms with Gasteiger partial charge in [0, 0.05) is 0 Å². The van der Waals surface area contributed by atoms with Crippen LogP contribution in [0.15, 0.2) is 0 Å². The van der Waals surface area contributed by atoms with Crippen molar-refractivity contribution in [2.75, 3.05) is 65.5 Å². The van der Waals surface area contributed by atoms with Crippen LogP contribution in [0.4, 0.5) is 35.7 Å². The summed E-state index contributed by atoms with van der Waals surface area (Å²) < 4.78 is 0. The van der Waals surface area contributed by atoms with E-state index in [1.165, 1.54) is 0 Å². The standard InChI is InChI=1S/C11H20N12O4/c24-2-14-8-18-6(19-9(22-8)15-3-25)12-1-13-7-20-10(16-4-26)23-11(21-7)17-5-27/h24-27H,1-5H2,(H3,12,14,15,18,19,22)(H3,13,16,17,20,21,23). The molecule has 0 spiro atoms. The summed E-state index contributed by atoms with van der Waals surface area (Å²) in [5.74, 6) is 0.650. The van der Waals surface area contributed by atoms with Crippen molar-refractivity contribution in [1.29, 1.82) is 0 Å². The summed E-state index contributed by atoms with van der Waals surface area (Å²) in [6, 6.07) is 0. The van der Waals surface area contributed by atoms with Crippen molar-refractivity contribution >= 4 is 35.7 Å². The third kappa shape index (κ3) is 6.47. The average molecular weight is 384 g/mol. The molecule has 2 aromatic rings. The molecule has 0 saturated heterocycles. The van der Waals surface area contributed by atoms with Gasteiger partial charge in [0.05, 0.1) is 6.67 Å². The molecule has 2 heterocycles. The van der Waals surface area contributed by atoms with Gasteiger partial charge in [0.1, 0.15) is 26.9 Å². The van der Waals surface area contributed by atoms with Crippen LogP contribution in [0, 0.1) is 0 Å². The van der Waals surface area contributed by atoms with Gasteiger partial charge in [0.15, 0.2) is 0 Å². The Morgan fingerprint density at radius 2 is 0.630 bits per heavy atom. The van der Waals surface area contributed by atoms with Crippen molar-refractivity contribution in [3.8, 4) is 0 Å². The molecule has 0 aliphatic rings. The predicted molar refractivity (Wildman–Crippen MR) is 94.6 cm³/mol. The lowest BCUT2D eigenvalue weighted by Gasteiger charge is -2.11. The number of nitrogens with zero attached hydrogens (tertiary/aromatic N) is 6. The Labute approximate surface area is 152 Å². The zero-order valence-corrected chi connectivity index (χ0v) is 14.0. The molecule has 2 aromatic heterocycles. The van der Waals surface area contributed by atoms with E-state index in [4.69, 9.17) is 20.4 Å². The Kier molecular flexibility index (Phi) is 7.85. The Balaban J connectivity index is 2.04. The first-order valence-corrected chi connectivity index (χ1v) is 7.57. The van der Waals surface area contributed by atoms with E-state index < -0.39 is 0 Å². The fourth-order valence-corrected chi connectivity index (χ4v) is 1.71. The van der Waals surface area contributed by atoms with Gasteiger partial charge in [-0.1, -0.05) is 0 Å². The van der Waals surface area contributed by atoms with Crippen LogP contribution in [-0.4, -0.2) is 83.9 Å². The molecule has 0 aromatic carbocycles. The van der Waals surface area contributed by atoms with Crippen molar-refractivity contribution in [3.05, 3.63) is 0 Å². The Bertz CT molecular complexity index is 612. The maximum absolute atomic E-state index is 8.91. The van der Waals surface area contributed by atoms with Gasteiger partial charge in [-0.25, -0.2) is 0 Å². The monoisotopic (exact) mass is 384 g/mol. The number of aliphatic hydroxyl groups is 4. The number of nitrogens with one attached hydrogen (secondary N) is 6. The molecule has 0 bridgehead atoms. The van der Waals surface area contributed by atoms with Gasteiger partial charge >= 0.3 is 0 Å². The molecule has 0 atom stereocenters. The molecule has 0 unspecified atom stereocenters. The molecule has 2 rings (SSSR count). The first-order valence-electron chi connectivity index (χ1n) is 7.57. The van der Waals surface area contributed by atoms with Crippen molar-refractivity contribution in [2.24, 2.45) is 0 Å². The lowest BCUT2D eigenvalue weighted by molar-refractivity contribution is 0.322. The third-order valence-electron chi connectivity index (χ3n) is 2.71. The van der Waals surface area contributed by atoms with Crippen molar-refractivity contribution in [2.45, 2.75) is 0 Å². The van der Waals surface area contributed by atoms with Crippen LogP contribution in [0.1, 0.15) is 0 Å². The van der Waals surface area contributed by atoms with E-state index in [-0.39, 0.29) is 69.3 Å². The van der Waals surface area contributed by atoms with Gasteiger partial charge in [0.25, 0.3) is 0 Å². The second-order valence-electron chi connectivity index (χ2n) is 4.48. The minimum atomic E-state index is -0.383. The summed E-state index contributed by atoms with van der Waals surface area (Å²) in [4.78, 5) is 23.9. The summed E-state index contributed by atoms with van der Waals surface area (Å²) in [6.45, 7) is -1.44. The summed E-state index contributed by atoms with van der Waals surface area (Å²) in [5.41, 5.74) is 0. The number of aromatic nitrogens is 6. The molecule has 0 radical (unpaired) electrons. The van der Waals surface area contributed by atoms with E-state index in [1.807, 2.05) is 0 Å². The van der Waals surface area contributed by atoms with E-state index in [0.29, 0.717) is 0 Å². The van der Waals surface area contributed by atoms with Gasteiger partial charge in [0.2, 0.25) is 35.7 Å². The van der Waals surface area contributed by atoms with Gasteiger partial charge in [-0.15, -0.1) is 0 Å². The Morgan fingerprint density at radius 1 is 0.407 bits per heavy atom. The van der Waals surface area contributed by atoms with Crippen LogP contribution in [0.5, 0.6) is 0 Å². The summed E-state index contributed by atoms with van der Waals surface area (Å²) in [5, 5.41) is 51.4. The lowest BCUT2D eigenvalue weighted by atomic mass is 10.7. The van der Waals surface area contributed by atoms with Gasteiger partial charge in [-0.05, 0) is 0 Å². The van der Waals surface area contributed by atoms with E-state index in [0.717, 1.165) is 0 Å². The van der Waals surface area contributed by atoms with Crippen molar-refractivity contribution in [3.63, 3.8) is 0 Å². The first-order chi connectivity index (χ1) is 13.2. The molecular weight excluding hydrogens is 364 g/mol. The summed E-state index contributed by atoms with van der Waals surface area (Å²) >= 11 is 0. The maximum atomic E-state index is 8.91. The Hall–Kier alpha value is -3.34. The first kappa shape index (κ1) is 20.0. The molecule has 0 amide bonds. The quantitative estimate of drug-likeness (QED) is 0.164. The number of hydrogen-bond donors (Lipinski definition) is 10. The van der Waals surface area contributed by atoms with Gasteiger partial charge < -0.3 is 52.3 Å². The summed E-state index contributed by atoms with van der Waals surface area (Å²) in [6.07, 6.45) is 0. The highest BCUT2D eigenvalue weighted by atomic mass is 16.3. The maximum Gasteiger partial charge on any atom is 0.231 e. The summed E-state index contributed by atoms with van der Waals surface area (Å²) in [7, 11) is 0. The van der Waals surface area contributed by atoms with Crippen molar-refractivity contribution < 1.29 is 20.4 Å². The van der Waals surface area contributed by atoms with E-state index >= 15 is 0 Å². The molecule has 0 aliphatic heterocycles. The minimum Gasteiger partial charge on any atom is -0.376 e. The molecule has 0 aliphatic carbocycles. The third-order valence-corrected chi connectivity index (χ3v) is 2.71. The van der Waals surface area contributed by atoms with Crippen LogP contribution in [0.3, 0.4) is 0 Å². The predicted octanol–water partition coefficient (Wildman–Crippen LogP) is -3.02. The van der Waals surface area contributed by atoms with Gasteiger partial charge in [-0.2, -0.15) is 29.9 Å². The molecule has 0 fully saturated rings. The smallest absolute Gasteiger partial charge is 0.231 e. The van der Waals surface area contributed by atoms with Crippen LogP contribution in [0.2, 0.25) is 0 Å². The van der Waals surface area contributed by atoms with E-state index in [9.17, 15) is 0 Å². The highest BCUT2D eigenvalue weighted by molar-refractivity contribution is 5.44. The van der Waals surface area contributed by atoms with Crippen molar-refractivity contribution in [1.82, 2.24) is 29.9 Å². The number of rotatable bonds is 12. The van der Waals surface area contributed by atoms with E-state index in [1.54, 1.807) is 0 Å². The number of aliphatic hydroxyl groups excluding tert-OH is 4. The normalized spacial score (nSPS) is 10.2. The van der Waals surface area contributed by atoms with E-state index in [2.05, 4.69) is 61.8 Å². The second-order valence-corrected chi connectivity index (χ2v) is 4.48. The lowest BCUT2D eigenvalue weighted by Crippen LogP contribution is -2.19. The molecule has 27 heavy (non-hydrogen) atoms. The van der Waals surface area contributed by atoms with Crippen LogP contribution >= 0.6 is 0 Å². The second kappa shape index (κ2) is 10.6.